The van der Waals surface area contributed by atoms with Gasteiger partial charge < -0.3 is 20.2 Å². The third kappa shape index (κ3) is 5.69. The Balaban J connectivity index is 2.38. The van der Waals surface area contributed by atoms with Gasteiger partial charge in [0.1, 0.15) is 5.75 Å². The van der Waals surface area contributed by atoms with Crippen LogP contribution in [0.2, 0.25) is 18.1 Å². The predicted octanol–water partition coefficient (Wildman–Crippen LogP) is 3.46. The summed E-state index contributed by atoms with van der Waals surface area (Å²) in [6.45, 7) is 12.5. The number of hydrogen-bond donors (Lipinski definition) is 2. The molecule has 0 heterocycles. The monoisotopic (exact) mass is 310 g/mol. The van der Waals surface area contributed by atoms with E-state index in [-0.39, 0.29) is 11.1 Å². The molecule has 3 N–H and O–H groups in total. The highest BCUT2D eigenvalue weighted by atomic mass is 28.4. The molecule has 0 radical (unpaired) electrons. The third-order valence-corrected chi connectivity index (χ3v) is 8.62. The number of hydrogen-bond acceptors (Lipinski definition) is 4. The summed E-state index contributed by atoms with van der Waals surface area (Å²) in [5.41, 5.74) is 7.18. The number of nitrogens with two attached hydrogens (primary N) is 1. The van der Waals surface area contributed by atoms with E-state index in [0.717, 1.165) is 11.4 Å². The Kier molecular flexibility index (Phi) is 6.25. The van der Waals surface area contributed by atoms with E-state index < -0.39 is 8.32 Å². The van der Waals surface area contributed by atoms with Gasteiger partial charge in [-0.05, 0) is 42.4 Å². The van der Waals surface area contributed by atoms with Crippen LogP contribution in [0.25, 0.3) is 0 Å². The average Bonchev–Trinajstić information content (AvgIpc) is 2.42. The second kappa shape index (κ2) is 7.29. The van der Waals surface area contributed by atoms with Crippen LogP contribution in [0.1, 0.15) is 20.8 Å². The van der Waals surface area contributed by atoms with Gasteiger partial charge in [0.2, 0.25) is 0 Å². The van der Waals surface area contributed by atoms with E-state index in [2.05, 4.69) is 39.2 Å². The smallest absolute Gasteiger partial charge is 0.192 e. The molecule has 0 aliphatic rings. The van der Waals surface area contributed by atoms with E-state index in [1.165, 1.54) is 0 Å². The molecule has 1 aromatic carbocycles. The van der Waals surface area contributed by atoms with Gasteiger partial charge in [0.25, 0.3) is 0 Å². The minimum atomic E-state index is -1.71. The van der Waals surface area contributed by atoms with E-state index in [9.17, 15) is 0 Å². The lowest BCUT2D eigenvalue weighted by Gasteiger charge is -2.37. The minimum Gasteiger partial charge on any atom is -0.497 e. The highest BCUT2D eigenvalue weighted by Crippen LogP contribution is 2.36. The largest absolute Gasteiger partial charge is 0.497 e. The van der Waals surface area contributed by atoms with Crippen molar-refractivity contribution < 1.29 is 9.16 Å². The first kappa shape index (κ1) is 18.0. The van der Waals surface area contributed by atoms with Gasteiger partial charge in [0, 0.05) is 18.3 Å². The van der Waals surface area contributed by atoms with Crippen LogP contribution in [0.3, 0.4) is 0 Å². The number of anilines is 1. The zero-order chi connectivity index (χ0) is 16.1. The lowest BCUT2D eigenvalue weighted by molar-refractivity contribution is 0.267. The molecule has 0 unspecified atom stereocenters. The minimum absolute atomic E-state index is 0.0128. The summed E-state index contributed by atoms with van der Waals surface area (Å²) in [5.74, 6) is 0.853. The van der Waals surface area contributed by atoms with Gasteiger partial charge in [-0.3, -0.25) is 0 Å². The molecule has 0 saturated heterocycles. The molecule has 0 fully saturated rings. The second-order valence-corrected chi connectivity index (χ2v) is 11.8. The lowest BCUT2D eigenvalue weighted by Crippen LogP contribution is -2.45. The van der Waals surface area contributed by atoms with Crippen LogP contribution < -0.4 is 15.8 Å². The second-order valence-electron chi connectivity index (χ2n) is 6.94. The summed E-state index contributed by atoms with van der Waals surface area (Å²) in [6, 6.07) is 7.82. The van der Waals surface area contributed by atoms with Crippen LogP contribution in [0.15, 0.2) is 24.3 Å². The molecule has 0 aliphatic carbocycles. The van der Waals surface area contributed by atoms with Crippen molar-refractivity contribution in [1.82, 2.24) is 0 Å². The summed E-state index contributed by atoms with van der Waals surface area (Å²) in [4.78, 5) is 0. The fourth-order valence-electron chi connectivity index (χ4n) is 1.55. The molecular formula is C16H30N2O2Si. The maximum absolute atomic E-state index is 6.14. The first-order valence-corrected chi connectivity index (χ1v) is 10.3. The molecule has 1 aromatic rings. The van der Waals surface area contributed by atoms with Gasteiger partial charge in [-0.1, -0.05) is 20.8 Å². The number of methoxy groups -OCH3 is 1. The molecule has 5 heteroatoms. The SMILES string of the molecule is COc1ccc(NC[C@H](N)CO[Si](C)(C)C(C)(C)C)cc1. The van der Waals surface area contributed by atoms with Crippen molar-refractivity contribution in [3.8, 4) is 5.75 Å². The van der Waals surface area contributed by atoms with Gasteiger partial charge in [-0.15, -0.1) is 0 Å². The predicted molar refractivity (Wildman–Crippen MR) is 92.6 cm³/mol. The van der Waals surface area contributed by atoms with E-state index in [1.807, 2.05) is 24.3 Å². The molecule has 0 spiro atoms. The number of benzene rings is 1. The Hall–Kier alpha value is -1.04. The van der Waals surface area contributed by atoms with Gasteiger partial charge in [0.15, 0.2) is 8.32 Å². The van der Waals surface area contributed by atoms with Crippen molar-refractivity contribution in [3.05, 3.63) is 24.3 Å². The number of nitrogens with one attached hydrogen (secondary N) is 1. The average molecular weight is 311 g/mol. The maximum Gasteiger partial charge on any atom is 0.192 e. The first-order valence-electron chi connectivity index (χ1n) is 7.43. The van der Waals surface area contributed by atoms with E-state index in [4.69, 9.17) is 14.9 Å². The molecule has 120 valence electrons. The highest BCUT2D eigenvalue weighted by molar-refractivity contribution is 6.74. The molecule has 1 atom stereocenters. The molecule has 0 saturated carbocycles. The number of rotatable bonds is 7. The van der Waals surface area contributed by atoms with Crippen molar-refractivity contribution in [2.75, 3.05) is 25.6 Å². The van der Waals surface area contributed by atoms with Crippen LogP contribution in [0, 0.1) is 0 Å². The Morgan fingerprint density at radius 2 is 1.76 bits per heavy atom. The van der Waals surface area contributed by atoms with Gasteiger partial charge in [-0.25, -0.2) is 0 Å². The molecule has 4 nitrogen and oxygen atoms in total. The zero-order valence-corrected chi connectivity index (χ0v) is 15.2. The normalized spacial score (nSPS) is 13.9. The van der Waals surface area contributed by atoms with Crippen LogP contribution in [0.4, 0.5) is 5.69 Å². The Labute approximate surface area is 130 Å². The van der Waals surface area contributed by atoms with E-state index >= 15 is 0 Å². The molecular weight excluding hydrogens is 280 g/mol. The highest BCUT2D eigenvalue weighted by Gasteiger charge is 2.37. The van der Waals surface area contributed by atoms with Gasteiger partial charge in [0.05, 0.1) is 13.7 Å². The summed E-state index contributed by atoms with van der Waals surface area (Å²) in [5, 5.41) is 3.54. The molecule has 0 bridgehead atoms. The van der Waals surface area contributed by atoms with Crippen molar-refractivity contribution in [2.24, 2.45) is 5.73 Å². The number of ether oxygens (including phenoxy) is 1. The fraction of sp³-hybridized carbons (Fsp3) is 0.625. The van der Waals surface area contributed by atoms with Crippen molar-refractivity contribution >= 4 is 14.0 Å². The van der Waals surface area contributed by atoms with Crippen LogP contribution >= 0.6 is 0 Å². The van der Waals surface area contributed by atoms with Crippen molar-refractivity contribution in [1.29, 1.82) is 0 Å². The summed E-state index contributed by atoms with van der Waals surface area (Å²) in [7, 11) is -0.0494. The lowest BCUT2D eigenvalue weighted by atomic mass is 10.2. The van der Waals surface area contributed by atoms with Crippen molar-refractivity contribution in [2.45, 2.75) is 44.9 Å². The van der Waals surface area contributed by atoms with Crippen LogP contribution in [0.5, 0.6) is 5.75 Å². The van der Waals surface area contributed by atoms with E-state index in [0.29, 0.717) is 13.2 Å². The van der Waals surface area contributed by atoms with Crippen LogP contribution in [-0.2, 0) is 4.43 Å². The Morgan fingerprint density at radius 1 is 1.19 bits per heavy atom. The van der Waals surface area contributed by atoms with Gasteiger partial charge in [-0.2, -0.15) is 0 Å². The topological polar surface area (TPSA) is 56.5 Å². The first-order chi connectivity index (χ1) is 9.65. The Bertz CT molecular complexity index is 427. The zero-order valence-electron chi connectivity index (χ0n) is 14.2. The third-order valence-electron chi connectivity index (χ3n) is 4.12. The summed E-state index contributed by atoms with van der Waals surface area (Å²) in [6.07, 6.45) is 0. The van der Waals surface area contributed by atoms with E-state index in [1.54, 1.807) is 7.11 Å². The van der Waals surface area contributed by atoms with Crippen molar-refractivity contribution in [3.63, 3.8) is 0 Å². The fourth-order valence-corrected chi connectivity index (χ4v) is 2.61. The summed E-state index contributed by atoms with van der Waals surface area (Å²) < 4.78 is 11.3. The molecule has 1 rings (SSSR count). The summed E-state index contributed by atoms with van der Waals surface area (Å²) >= 11 is 0. The molecule has 0 aliphatic heterocycles. The van der Waals surface area contributed by atoms with Gasteiger partial charge >= 0.3 is 0 Å². The standard InChI is InChI=1S/C16H30N2O2Si/c1-16(2,3)21(5,6)20-12-13(17)11-18-14-7-9-15(19-4)10-8-14/h7-10,13,18H,11-12,17H2,1-6H3/t13-/m0/s1. The van der Waals surface area contributed by atoms with Crippen LogP contribution in [-0.4, -0.2) is 34.6 Å². The Morgan fingerprint density at radius 3 is 2.24 bits per heavy atom. The molecule has 0 amide bonds. The molecule has 0 aromatic heterocycles. The maximum atomic E-state index is 6.14. The quantitative estimate of drug-likeness (QED) is 0.757. The molecule has 21 heavy (non-hydrogen) atoms.